The Morgan fingerprint density at radius 2 is 2.06 bits per heavy atom. The first kappa shape index (κ1) is 10.6. The van der Waals surface area contributed by atoms with E-state index in [1.807, 2.05) is 12.1 Å². The fourth-order valence-corrected chi connectivity index (χ4v) is 2.00. The Kier molecular flexibility index (Phi) is 2.19. The van der Waals surface area contributed by atoms with Crippen LogP contribution in [0.15, 0.2) is 41.3 Å². The van der Waals surface area contributed by atoms with E-state index in [1.165, 1.54) is 6.92 Å². The molecule has 0 amide bonds. The van der Waals surface area contributed by atoms with Gasteiger partial charge >= 0.3 is 5.97 Å². The summed E-state index contributed by atoms with van der Waals surface area (Å²) in [6.07, 6.45) is 1.65. The molecule has 1 aromatic carbocycles. The van der Waals surface area contributed by atoms with Crippen molar-refractivity contribution in [3.8, 4) is 5.75 Å². The van der Waals surface area contributed by atoms with E-state index in [0.717, 1.165) is 5.52 Å². The van der Waals surface area contributed by atoms with Crippen LogP contribution in [0.25, 0.3) is 16.4 Å². The Hall–Kier alpha value is -2.56. The molecular formula is C13H10N2O3. The first-order valence-electron chi connectivity index (χ1n) is 5.47. The fourth-order valence-electron chi connectivity index (χ4n) is 2.00. The average Bonchev–Trinajstić information content (AvgIpc) is 2.72. The molecule has 0 atom stereocenters. The van der Waals surface area contributed by atoms with Crippen molar-refractivity contribution < 1.29 is 9.53 Å². The van der Waals surface area contributed by atoms with Gasteiger partial charge in [0.15, 0.2) is 11.3 Å². The summed E-state index contributed by atoms with van der Waals surface area (Å²) < 4.78 is 6.58. The highest BCUT2D eigenvalue weighted by molar-refractivity contribution is 5.84. The van der Waals surface area contributed by atoms with Crippen molar-refractivity contribution in [1.82, 2.24) is 9.61 Å². The average molecular weight is 242 g/mol. The molecule has 1 N–H and O–H groups in total. The molecular weight excluding hydrogens is 232 g/mol. The fraction of sp³-hybridized carbons (Fsp3) is 0.0769. The van der Waals surface area contributed by atoms with Gasteiger partial charge in [0.25, 0.3) is 0 Å². The normalized spacial score (nSPS) is 10.9. The lowest BCUT2D eigenvalue weighted by Gasteiger charge is -2.02. The second-order valence-corrected chi connectivity index (χ2v) is 3.98. The molecule has 0 spiro atoms. The Balaban J connectivity index is 2.41. The Bertz CT molecular complexity index is 814. The predicted octanol–water partition coefficient (Wildman–Crippen LogP) is 1.71. The Morgan fingerprint density at radius 1 is 1.28 bits per heavy atom. The summed E-state index contributed by atoms with van der Waals surface area (Å²) in [6.45, 7) is 1.30. The standard InChI is InChI=1S/C13H10N2O3/c1-8(16)18-11-6-7-15-12(11)13(17)9-4-2-3-5-10(9)14-15/h2-7,14H,1H3. The van der Waals surface area contributed by atoms with Crippen molar-refractivity contribution in [2.75, 3.05) is 0 Å². The number of rotatable bonds is 1. The number of aromatic nitrogens is 2. The highest BCUT2D eigenvalue weighted by Crippen LogP contribution is 2.19. The number of carbonyl (C=O) groups excluding carboxylic acids is 1. The lowest BCUT2D eigenvalue weighted by Crippen LogP contribution is -2.10. The number of benzene rings is 1. The number of hydrogen-bond donors (Lipinski definition) is 1. The van der Waals surface area contributed by atoms with Crippen LogP contribution in [-0.2, 0) is 4.79 Å². The predicted molar refractivity (Wildman–Crippen MR) is 66.8 cm³/mol. The van der Waals surface area contributed by atoms with Crippen LogP contribution in [0.4, 0.5) is 0 Å². The van der Waals surface area contributed by atoms with Crippen LogP contribution in [0, 0.1) is 0 Å². The van der Waals surface area contributed by atoms with Crippen molar-refractivity contribution in [2.45, 2.75) is 6.92 Å². The van der Waals surface area contributed by atoms with E-state index in [9.17, 15) is 9.59 Å². The highest BCUT2D eigenvalue weighted by Gasteiger charge is 2.12. The van der Waals surface area contributed by atoms with E-state index in [4.69, 9.17) is 4.74 Å². The van der Waals surface area contributed by atoms with Gasteiger partial charge in [-0.3, -0.25) is 19.2 Å². The van der Waals surface area contributed by atoms with Gasteiger partial charge in [0.2, 0.25) is 5.43 Å². The molecule has 0 aliphatic rings. The van der Waals surface area contributed by atoms with E-state index in [-0.39, 0.29) is 11.2 Å². The van der Waals surface area contributed by atoms with E-state index in [2.05, 4.69) is 5.10 Å². The topological polar surface area (TPSA) is 63.6 Å². The molecule has 0 saturated heterocycles. The number of nitrogens with one attached hydrogen (secondary N) is 1. The number of fused-ring (bicyclic) bond motifs is 2. The van der Waals surface area contributed by atoms with Crippen LogP contribution in [-0.4, -0.2) is 15.6 Å². The minimum atomic E-state index is -0.448. The van der Waals surface area contributed by atoms with Gasteiger partial charge in [0, 0.05) is 24.6 Å². The lowest BCUT2D eigenvalue weighted by molar-refractivity contribution is -0.131. The highest BCUT2D eigenvalue weighted by atomic mass is 16.5. The smallest absolute Gasteiger partial charge is 0.308 e. The van der Waals surface area contributed by atoms with Crippen molar-refractivity contribution in [3.63, 3.8) is 0 Å². The van der Waals surface area contributed by atoms with Gasteiger partial charge < -0.3 is 4.74 Å². The number of esters is 1. The molecule has 0 bridgehead atoms. The molecule has 0 unspecified atom stereocenters. The van der Waals surface area contributed by atoms with Gasteiger partial charge in [-0.25, -0.2) is 0 Å². The molecule has 3 rings (SSSR count). The van der Waals surface area contributed by atoms with Gasteiger partial charge in [-0.2, -0.15) is 0 Å². The van der Waals surface area contributed by atoms with Crippen molar-refractivity contribution in [1.29, 1.82) is 0 Å². The summed E-state index contributed by atoms with van der Waals surface area (Å²) in [4.78, 5) is 23.3. The summed E-state index contributed by atoms with van der Waals surface area (Å²) >= 11 is 0. The van der Waals surface area contributed by atoms with Crippen LogP contribution in [0.2, 0.25) is 0 Å². The van der Waals surface area contributed by atoms with Crippen LogP contribution in [0.3, 0.4) is 0 Å². The third-order valence-electron chi connectivity index (χ3n) is 2.73. The quantitative estimate of drug-likeness (QED) is 0.661. The largest absolute Gasteiger partial charge is 0.424 e. The zero-order valence-corrected chi connectivity index (χ0v) is 9.64. The minimum absolute atomic E-state index is 0.161. The summed E-state index contributed by atoms with van der Waals surface area (Å²) in [7, 11) is 0. The first-order valence-corrected chi connectivity index (χ1v) is 5.47. The first-order chi connectivity index (χ1) is 8.66. The van der Waals surface area contributed by atoms with Crippen molar-refractivity contribution in [2.24, 2.45) is 0 Å². The molecule has 2 heterocycles. The van der Waals surface area contributed by atoms with E-state index < -0.39 is 5.97 Å². The maximum absolute atomic E-state index is 12.3. The van der Waals surface area contributed by atoms with Gasteiger partial charge in [-0.1, -0.05) is 12.1 Å². The molecule has 0 aliphatic heterocycles. The van der Waals surface area contributed by atoms with Crippen LogP contribution >= 0.6 is 0 Å². The van der Waals surface area contributed by atoms with Crippen LogP contribution in [0.5, 0.6) is 5.75 Å². The SMILES string of the molecule is CC(=O)Oc1ccn2[nH]c3ccccc3c(=O)c12. The van der Waals surface area contributed by atoms with E-state index in [0.29, 0.717) is 10.9 Å². The maximum atomic E-state index is 12.3. The van der Waals surface area contributed by atoms with E-state index in [1.54, 1.807) is 28.9 Å². The monoisotopic (exact) mass is 242 g/mol. The second-order valence-electron chi connectivity index (χ2n) is 3.98. The zero-order chi connectivity index (χ0) is 12.7. The number of para-hydroxylation sites is 1. The number of nitrogens with zero attached hydrogens (tertiary/aromatic N) is 1. The van der Waals surface area contributed by atoms with Crippen molar-refractivity contribution >= 4 is 22.4 Å². The van der Waals surface area contributed by atoms with Crippen LogP contribution in [0.1, 0.15) is 6.92 Å². The van der Waals surface area contributed by atoms with E-state index >= 15 is 0 Å². The van der Waals surface area contributed by atoms with Gasteiger partial charge in [-0.05, 0) is 12.1 Å². The number of H-pyrrole nitrogens is 1. The van der Waals surface area contributed by atoms with Gasteiger partial charge in [-0.15, -0.1) is 0 Å². The molecule has 0 fully saturated rings. The Labute approximate surface area is 102 Å². The molecule has 18 heavy (non-hydrogen) atoms. The molecule has 90 valence electrons. The van der Waals surface area contributed by atoms with Crippen LogP contribution < -0.4 is 10.2 Å². The molecule has 5 nitrogen and oxygen atoms in total. The number of carbonyl (C=O) groups is 1. The third kappa shape index (κ3) is 1.48. The van der Waals surface area contributed by atoms with Crippen molar-refractivity contribution in [3.05, 3.63) is 46.8 Å². The summed E-state index contributed by atoms with van der Waals surface area (Å²) in [5, 5.41) is 3.64. The molecule has 0 saturated carbocycles. The number of hydrogen-bond acceptors (Lipinski definition) is 3. The van der Waals surface area contributed by atoms with Gasteiger partial charge in [0.05, 0.1) is 5.52 Å². The molecule has 0 aliphatic carbocycles. The van der Waals surface area contributed by atoms with Gasteiger partial charge in [0.1, 0.15) is 0 Å². The lowest BCUT2D eigenvalue weighted by atomic mass is 10.2. The third-order valence-corrected chi connectivity index (χ3v) is 2.73. The molecule has 2 aromatic heterocycles. The minimum Gasteiger partial charge on any atom is -0.424 e. The zero-order valence-electron chi connectivity index (χ0n) is 9.64. The summed E-state index contributed by atoms with van der Waals surface area (Å²) in [5.74, 6) is -0.176. The summed E-state index contributed by atoms with van der Waals surface area (Å²) in [6, 6.07) is 8.79. The Morgan fingerprint density at radius 3 is 2.83 bits per heavy atom. The number of aromatic amines is 1. The molecule has 0 radical (unpaired) electrons. The number of ether oxygens (including phenoxy) is 1. The molecule has 3 aromatic rings. The second kappa shape index (κ2) is 3.73. The molecule has 5 heteroatoms. The maximum Gasteiger partial charge on any atom is 0.308 e. The summed E-state index contributed by atoms with van der Waals surface area (Å²) in [5.41, 5.74) is 0.912.